The Balaban J connectivity index is 1.32. The second-order valence-electron chi connectivity index (χ2n) is 14.0. The maximum atomic E-state index is 13.9. The number of fused-ring (bicyclic) bond motifs is 3. The van der Waals surface area contributed by atoms with Crippen molar-refractivity contribution in [3.63, 3.8) is 0 Å². The second-order valence-corrected chi connectivity index (χ2v) is 14.8. The summed E-state index contributed by atoms with van der Waals surface area (Å²) in [6.45, 7) is 8.31. The number of aromatic amines is 1. The number of halogens is 2. The number of ketones is 1. The van der Waals surface area contributed by atoms with Crippen molar-refractivity contribution in [2.75, 3.05) is 0 Å². The third kappa shape index (κ3) is 9.34. The van der Waals surface area contributed by atoms with Gasteiger partial charge in [-0.1, -0.05) is 94.1 Å². The van der Waals surface area contributed by atoms with Gasteiger partial charge in [0, 0.05) is 41.6 Å². The Morgan fingerprint density at radius 2 is 1.80 bits per heavy atom. The molecule has 268 valence electrons. The molecule has 0 saturated heterocycles. The van der Waals surface area contributed by atoms with E-state index in [0.29, 0.717) is 29.3 Å². The Hall–Kier alpha value is -3.69. The van der Waals surface area contributed by atoms with Crippen molar-refractivity contribution >= 4 is 63.8 Å². The number of Topliss-reactive ketones (excluding diaryl/α,β-unsaturated/α-hetero) is 1. The minimum atomic E-state index is -0.691. The molecular formula is C39H49Cl2N5O4. The van der Waals surface area contributed by atoms with Gasteiger partial charge in [-0.25, -0.2) is 4.79 Å². The number of H-pyrrole nitrogens is 1. The molecule has 6 atom stereocenters. The van der Waals surface area contributed by atoms with Crippen molar-refractivity contribution in [3.8, 4) is 0 Å². The van der Waals surface area contributed by atoms with Crippen LogP contribution in [0.4, 0.5) is 4.79 Å². The van der Waals surface area contributed by atoms with Crippen LogP contribution in [-0.4, -0.2) is 46.8 Å². The van der Waals surface area contributed by atoms with Crippen molar-refractivity contribution in [2.24, 2.45) is 33.9 Å². The first-order chi connectivity index (χ1) is 24.1. The number of hydrogen-bond donors (Lipinski definition) is 3. The molecule has 0 fully saturated rings. The summed E-state index contributed by atoms with van der Waals surface area (Å²) in [7, 11) is 0. The molecule has 5 rings (SSSR count). The second kappa shape index (κ2) is 17.5. The van der Waals surface area contributed by atoms with Gasteiger partial charge < -0.3 is 20.4 Å². The van der Waals surface area contributed by atoms with Gasteiger partial charge in [0.1, 0.15) is 6.61 Å². The van der Waals surface area contributed by atoms with Crippen LogP contribution in [0.5, 0.6) is 0 Å². The van der Waals surface area contributed by atoms with Crippen LogP contribution in [0, 0.1) is 23.7 Å². The molecule has 2 amide bonds. The van der Waals surface area contributed by atoms with Gasteiger partial charge in [-0.3, -0.25) is 9.59 Å². The first-order valence-corrected chi connectivity index (χ1v) is 18.7. The number of rotatable bonds is 16. The number of hydrogen-bond acceptors (Lipinski definition) is 6. The highest BCUT2D eigenvalue weighted by Gasteiger charge is 2.34. The predicted molar refractivity (Wildman–Crippen MR) is 201 cm³/mol. The van der Waals surface area contributed by atoms with Gasteiger partial charge in [-0.15, -0.1) is 0 Å². The summed E-state index contributed by atoms with van der Waals surface area (Å²) in [5.41, 5.74) is 4.94. The van der Waals surface area contributed by atoms with Crippen molar-refractivity contribution in [1.29, 1.82) is 0 Å². The largest absolute Gasteiger partial charge is 0.445 e. The molecule has 11 heteroatoms. The van der Waals surface area contributed by atoms with E-state index in [4.69, 9.17) is 27.9 Å². The van der Waals surface area contributed by atoms with Crippen molar-refractivity contribution in [3.05, 3.63) is 69.3 Å². The average molecular weight is 723 g/mol. The number of aryl methyl sites for hydroxylation is 1. The van der Waals surface area contributed by atoms with Gasteiger partial charge >= 0.3 is 6.09 Å². The molecule has 9 nitrogen and oxygen atoms in total. The Morgan fingerprint density at radius 3 is 2.50 bits per heavy atom. The van der Waals surface area contributed by atoms with E-state index in [1.807, 2.05) is 50.2 Å². The third-order valence-corrected chi connectivity index (χ3v) is 11.1. The number of aromatic nitrogens is 1. The molecule has 1 aliphatic heterocycles. The van der Waals surface area contributed by atoms with E-state index >= 15 is 0 Å². The highest BCUT2D eigenvalue weighted by atomic mass is 35.5. The maximum absolute atomic E-state index is 13.9. The zero-order valence-electron chi connectivity index (χ0n) is 29.4. The van der Waals surface area contributed by atoms with Gasteiger partial charge in [-0.2, -0.15) is 10.2 Å². The molecule has 2 heterocycles. The summed E-state index contributed by atoms with van der Waals surface area (Å²) in [4.78, 5) is 44.1. The van der Waals surface area contributed by atoms with Crippen molar-refractivity contribution in [1.82, 2.24) is 15.6 Å². The van der Waals surface area contributed by atoms with Gasteiger partial charge in [0.05, 0.1) is 28.3 Å². The van der Waals surface area contributed by atoms with E-state index in [1.165, 1.54) is 5.56 Å². The van der Waals surface area contributed by atoms with Crippen LogP contribution in [0.2, 0.25) is 10.0 Å². The molecule has 1 aliphatic carbocycles. The Bertz CT molecular complexity index is 1720. The molecule has 4 unspecified atom stereocenters. The first-order valence-electron chi connectivity index (χ1n) is 17.9. The van der Waals surface area contributed by atoms with Gasteiger partial charge in [0.2, 0.25) is 5.91 Å². The van der Waals surface area contributed by atoms with Crippen molar-refractivity contribution in [2.45, 2.75) is 104 Å². The number of ether oxygens (including phenoxy) is 1. The lowest BCUT2D eigenvalue weighted by molar-refractivity contribution is -0.125. The van der Waals surface area contributed by atoms with Crippen LogP contribution in [0.1, 0.15) is 89.5 Å². The minimum absolute atomic E-state index is 0.0562. The fourth-order valence-electron chi connectivity index (χ4n) is 7.27. The summed E-state index contributed by atoms with van der Waals surface area (Å²) >= 11 is 13.0. The molecule has 3 aromatic rings. The molecule has 0 saturated carbocycles. The highest BCUT2D eigenvalue weighted by molar-refractivity contribution is 6.38. The number of alkyl carbamates (subject to hydrolysis) is 1. The molecule has 0 radical (unpaired) electrons. The molecule has 1 aromatic heterocycles. The molecule has 2 aromatic carbocycles. The van der Waals surface area contributed by atoms with Gasteiger partial charge in [0.25, 0.3) is 0 Å². The SMILES string of the molecule is CCC(C)[C@H](NC(=O)OCc1ccccc1)C(=O)CCC(CC(=O)N[C@H](C1=NN=CC1)C(C)CC)C1CCc2[nH]c3c(Cl)cc(Cl)cc3c2C1. The van der Waals surface area contributed by atoms with E-state index in [9.17, 15) is 14.4 Å². The fourth-order valence-corrected chi connectivity index (χ4v) is 7.81. The lowest BCUT2D eigenvalue weighted by Crippen LogP contribution is -2.46. The Labute approximate surface area is 305 Å². The van der Waals surface area contributed by atoms with E-state index in [1.54, 1.807) is 12.3 Å². The summed E-state index contributed by atoms with van der Waals surface area (Å²) in [6.07, 6.45) is 6.82. The summed E-state index contributed by atoms with van der Waals surface area (Å²) in [6, 6.07) is 12.2. The van der Waals surface area contributed by atoms with Gasteiger partial charge in [-0.05, 0) is 72.6 Å². The van der Waals surface area contributed by atoms with Crippen LogP contribution >= 0.6 is 23.2 Å². The number of carbonyl (C=O) groups is 3. The first kappa shape index (κ1) is 37.6. The van der Waals surface area contributed by atoms with E-state index < -0.39 is 12.1 Å². The monoisotopic (exact) mass is 721 g/mol. The normalized spacial score (nSPS) is 18.4. The summed E-state index contributed by atoms with van der Waals surface area (Å²) in [5.74, 6) is 0.0721. The lowest BCUT2D eigenvalue weighted by atomic mass is 9.74. The van der Waals surface area contributed by atoms with Crippen LogP contribution in [0.25, 0.3) is 10.9 Å². The van der Waals surface area contributed by atoms with E-state index in [2.05, 4.69) is 39.7 Å². The van der Waals surface area contributed by atoms with Crippen molar-refractivity contribution < 1.29 is 19.1 Å². The topological polar surface area (TPSA) is 125 Å². The van der Waals surface area contributed by atoms with Crippen LogP contribution in [0.15, 0.2) is 52.7 Å². The number of nitrogens with zero attached hydrogens (tertiary/aromatic N) is 2. The minimum Gasteiger partial charge on any atom is -0.445 e. The standard InChI is InChI=1S/C39H49Cl2N5O4/c1-5-23(3)36(33-16-17-42-46-33)44-35(48)19-27(26-12-14-32-29(18-26)30-20-28(40)21-31(41)38(30)43-32)13-15-34(47)37(24(4)6-2)45-39(49)50-22-25-10-8-7-9-11-25/h7-11,17,20-21,23-24,26-27,36-37,43H,5-6,12-16,18-19,22H2,1-4H3,(H,44,48)(H,45,49)/t23?,24?,26?,27?,36-,37-/m0/s1. The van der Waals surface area contributed by atoms with E-state index in [-0.39, 0.29) is 60.9 Å². The molecule has 50 heavy (non-hydrogen) atoms. The van der Waals surface area contributed by atoms with Crippen LogP contribution < -0.4 is 10.6 Å². The van der Waals surface area contributed by atoms with Crippen LogP contribution in [0.3, 0.4) is 0 Å². The smallest absolute Gasteiger partial charge is 0.408 e. The quantitative estimate of drug-likeness (QED) is 0.137. The summed E-state index contributed by atoms with van der Waals surface area (Å²) < 4.78 is 5.47. The lowest BCUT2D eigenvalue weighted by Gasteiger charge is -2.32. The highest BCUT2D eigenvalue weighted by Crippen LogP contribution is 2.40. The zero-order chi connectivity index (χ0) is 35.8. The number of carbonyl (C=O) groups excluding carboxylic acids is 3. The predicted octanol–water partition coefficient (Wildman–Crippen LogP) is 8.64. The van der Waals surface area contributed by atoms with Crippen LogP contribution in [-0.2, 0) is 33.8 Å². The number of nitrogens with one attached hydrogen (secondary N) is 3. The Kier molecular flexibility index (Phi) is 13.1. The van der Waals surface area contributed by atoms with Gasteiger partial charge in [0.15, 0.2) is 5.78 Å². The number of benzene rings is 2. The fraction of sp³-hybridized carbons (Fsp3) is 0.513. The Morgan fingerprint density at radius 1 is 1.04 bits per heavy atom. The average Bonchev–Trinajstić information content (AvgIpc) is 3.79. The number of amides is 2. The molecular weight excluding hydrogens is 673 g/mol. The molecule has 0 spiro atoms. The molecule has 3 N–H and O–H groups in total. The van der Waals surface area contributed by atoms with E-state index in [0.717, 1.165) is 53.6 Å². The molecule has 2 aliphatic rings. The molecule has 0 bridgehead atoms. The third-order valence-electron chi connectivity index (χ3n) is 10.6. The maximum Gasteiger partial charge on any atom is 0.408 e. The zero-order valence-corrected chi connectivity index (χ0v) is 30.9. The summed E-state index contributed by atoms with van der Waals surface area (Å²) in [5, 5.41) is 16.7.